The number of aromatic nitrogens is 1. The first-order valence-electron chi connectivity index (χ1n) is 9.91. The van der Waals surface area contributed by atoms with Crippen LogP contribution in [-0.4, -0.2) is 29.4 Å². The molecule has 0 radical (unpaired) electrons. The molecule has 1 aromatic carbocycles. The fourth-order valence-corrected chi connectivity index (χ4v) is 3.70. The average Bonchev–Trinajstić information content (AvgIpc) is 2.97. The van der Waals surface area contributed by atoms with Gasteiger partial charge in [0.25, 0.3) is 11.8 Å². The Balaban J connectivity index is 1.54. The molecule has 2 aromatic rings. The number of hydrogen-bond acceptors (Lipinski definition) is 3. The Morgan fingerprint density at radius 1 is 1.04 bits per heavy atom. The first-order valence-corrected chi connectivity index (χ1v) is 10.3. The number of halogens is 1. The molecule has 1 heterocycles. The molecule has 0 bridgehead atoms. The third-order valence-electron chi connectivity index (χ3n) is 5.03. The Kier molecular flexibility index (Phi) is 7.43. The molecular weight excluding hydrogens is 374 g/mol. The van der Waals surface area contributed by atoms with Gasteiger partial charge in [-0.05, 0) is 49.1 Å². The van der Waals surface area contributed by atoms with Crippen molar-refractivity contribution in [2.45, 2.75) is 51.0 Å². The predicted molar refractivity (Wildman–Crippen MR) is 111 cm³/mol. The summed E-state index contributed by atoms with van der Waals surface area (Å²) in [5.74, 6) is -0.423. The summed E-state index contributed by atoms with van der Waals surface area (Å²) < 4.78 is 0. The number of nitrogens with one attached hydrogen (secondary N) is 2. The van der Waals surface area contributed by atoms with Gasteiger partial charge in [-0.3, -0.25) is 14.6 Å². The molecule has 5 nitrogen and oxygen atoms in total. The summed E-state index contributed by atoms with van der Waals surface area (Å²) in [5, 5.41) is 6.63. The van der Waals surface area contributed by atoms with Crippen LogP contribution in [0.15, 0.2) is 42.6 Å². The van der Waals surface area contributed by atoms with Gasteiger partial charge in [-0.15, -0.1) is 0 Å². The lowest BCUT2D eigenvalue weighted by atomic mass is 10.1. The van der Waals surface area contributed by atoms with Gasteiger partial charge in [0.1, 0.15) is 5.69 Å². The molecule has 1 fully saturated rings. The first kappa shape index (κ1) is 20.3. The van der Waals surface area contributed by atoms with E-state index in [0.29, 0.717) is 23.6 Å². The molecule has 0 saturated heterocycles. The number of rotatable bonds is 6. The molecule has 0 spiro atoms. The number of amides is 2. The number of pyridine rings is 1. The van der Waals surface area contributed by atoms with Crippen molar-refractivity contribution in [3.8, 4) is 0 Å². The van der Waals surface area contributed by atoms with Crippen molar-refractivity contribution in [1.29, 1.82) is 0 Å². The molecule has 0 unspecified atom stereocenters. The van der Waals surface area contributed by atoms with Crippen LogP contribution in [0, 0.1) is 0 Å². The zero-order valence-electron chi connectivity index (χ0n) is 15.9. The molecule has 2 N–H and O–H groups in total. The summed E-state index contributed by atoms with van der Waals surface area (Å²) in [5.41, 5.74) is 1.77. The Bertz CT molecular complexity index is 817. The molecule has 1 aliphatic rings. The van der Waals surface area contributed by atoms with Crippen LogP contribution in [0.2, 0.25) is 5.02 Å². The Morgan fingerprint density at radius 3 is 2.57 bits per heavy atom. The van der Waals surface area contributed by atoms with Crippen LogP contribution in [0.25, 0.3) is 0 Å². The van der Waals surface area contributed by atoms with Crippen LogP contribution in [0.1, 0.15) is 64.9 Å². The van der Waals surface area contributed by atoms with Crippen LogP contribution in [0.3, 0.4) is 0 Å². The lowest BCUT2D eigenvalue weighted by molar-refractivity contribution is 0.0933. The third-order valence-corrected chi connectivity index (χ3v) is 5.27. The predicted octanol–water partition coefficient (Wildman–Crippen LogP) is 4.16. The molecule has 0 atom stereocenters. The fraction of sp³-hybridized carbons (Fsp3) is 0.409. The zero-order chi connectivity index (χ0) is 19.8. The van der Waals surface area contributed by atoms with Crippen LogP contribution in [0.4, 0.5) is 0 Å². The van der Waals surface area contributed by atoms with Crippen LogP contribution in [0.5, 0.6) is 0 Å². The van der Waals surface area contributed by atoms with Crippen molar-refractivity contribution in [3.63, 3.8) is 0 Å². The highest BCUT2D eigenvalue weighted by Gasteiger charge is 2.17. The highest BCUT2D eigenvalue weighted by Crippen LogP contribution is 2.17. The van der Waals surface area contributed by atoms with Crippen LogP contribution >= 0.6 is 11.6 Å². The van der Waals surface area contributed by atoms with Gasteiger partial charge in [-0.1, -0.05) is 49.4 Å². The summed E-state index contributed by atoms with van der Waals surface area (Å²) in [6.45, 7) is 0.472. The van der Waals surface area contributed by atoms with E-state index in [-0.39, 0.29) is 23.6 Å². The van der Waals surface area contributed by atoms with Crippen molar-refractivity contribution in [2.75, 3.05) is 6.54 Å². The summed E-state index contributed by atoms with van der Waals surface area (Å²) in [6, 6.07) is 11.0. The average molecular weight is 400 g/mol. The molecule has 28 heavy (non-hydrogen) atoms. The maximum absolute atomic E-state index is 12.5. The monoisotopic (exact) mass is 399 g/mol. The van der Waals surface area contributed by atoms with E-state index in [1.165, 1.54) is 19.0 Å². The van der Waals surface area contributed by atoms with E-state index in [9.17, 15) is 9.59 Å². The van der Waals surface area contributed by atoms with Crippen LogP contribution < -0.4 is 10.6 Å². The van der Waals surface area contributed by atoms with Gasteiger partial charge in [-0.25, -0.2) is 0 Å². The second-order valence-electron chi connectivity index (χ2n) is 7.23. The molecular formula is C22H26ClN3O2. The number of nitrogens with zero attached hydrogens (tertiary/aromatic N) is 1. The first-order chi connectivity index (χ1) is 13.6. The summed E-state index contributed by atoms with van der Waals surface area (Å²) in [4.78, 5) is 29.0. The minimum absolute atomic E-state index is 0.137. The second-order valence-corrected chi connectivity index (χ2v) is 7.66. The van der Waals surface area contributed by atoms with Gasteiger partial charge in [0, 0.05) is 29.4 Å². The van der Waals surface area contributed by atoms with Crippen molar-refractivity contribution < 1.29 is 9.59 Å². The molecule has 6 heteroatoms. The topological polar surface area (TPSA) is 71.1 Å². The van der Waals surface area contributed by atoms with Crippen molar-refractivity contribution in [1.82, 2.24) is 15.6 Å². The molecule has 0 aliphatic heterocycles. The smallest absolute Gasteiger partial charge is 0.269 e. The van der Waals surface area contributed by atoms with Gasteiger partial charge < -0.3 is 10.6 Å². The largest absolute Gasteiger partial charge is 0.350 e. The van der Waals surface area contributed by atoms with E-state index >= 15 is 0 Å². The highest BCUT2D eigenvalue weighted by molar-refractivity contribution is 6.30. The normalized spacial score (nSPS) is 14.9. The lowest BCUT2D eigenvalue weighted by Gasteiger charge is -2.16. The second kappa shape index (κ2) is 10.2. The number of carbonyl (C=O) groups excluding carboxylic acids is 2. The molecule has 2 amide bonds. The Labute approximate surface area is 170 Å². The lowest BCUT2D eigenvalue weighted by Crippen LogP contribution is -2.34. The van der Waals surface area contributed by atoms with Crippen molar-refractivity contribution in [2.24, 2.45) is 0 Å². The van der Waals surface area contributed by atoms with E-state index in [4.69, 9.17) is 11.6 Å². The van der Waals surface area contributed by atoms with Gasteiger partial charge in [0.15, 0.2) is 0 Å². The van der Waals surface area contributed by atoms with E-state index < -0.39 is 0 Å². The maximum Gasteiger partial charge on any atom is 0.269 e. The maximum atomic E-state index is 12.5. The number of hydrogen-bond donors (Lipinski definition) is 2. The van der Waals surface area contributed by atoms with E-state index in [2.05, 4.69) is 15.6 Å². The van der Waals surface area contributed by atoms with Crippen LogP contribution in [-0.2, 0) is 6.42 Å². The molecule has 1 aromatic heterocycles. The van der Waals surface area contributed by atoms with Crippen molar-refractivity contribution in [3.05, 3.63) is 64.4 Å². The van der Waals surface area contributed by atoms with Gasteiger partial charge in [-0.2, -0.15) is 0 Å². The van der Waals surface area contributed by atoms with Gasteiger partial charge in [0.05, 0.1) is 0 Å². The molecule has 1 saturated carbocycles. The fourth-order valence-electron chi connectivity index (χ4n) is 3.49. The van der Waals surface area contributed by atoms with E-state index in [1.54, 1.807) is 12.1 Å². The van der Waals surface area contributed by atoms with Gasteiger partial charge >= 0.3 is 0 Å². The molecule has 148 valence electrons. The third kappa shape index (κ3) is 6.06. The standard InChI is InChI=1S/C22H26ClN3O2/c23-18-7-5-6-16(14-18)10-12-25-22(28)20-15-17(11-13-24-20)21(27)26-19-8-3-1-2-4-9-19/h5-7,11,13-15,19H,1-4,8-10,12H2,(H,25,28)(H,26,27). The van der Waals surface area contributed by atoms with Gasteiger partial charge in [0.2, 0.25) is 0 Å². The van der Waals surface area contributed by atoms with E-state index in [0.717, 1.165) is 31.2 Å². The Morgan fingerprint density at radius 2 is 1.82 bits per heavy atom. The summed E-state index contributed by atoms with van der Waals surface area (Å²) in [6.07, 6.45) is 9.01. The minimum atomic E-state index is -0.286. The number of benzene rings is 1. The summed E-state index contributed by atoms with van der Waals surface area (Å²) in [7, 11) is 0. The minimum Gasteiger partial charge on any atom is -0.350 e. The molecule has 1 aliphatic carbocycles. The quantitative estimate of drug-likeness (QED) is 0.716. The Hall–Kier alpha value is -2.40. The van der Waals surface area contributed by atoms with E-state index in [1.807, 2.05) is 24.3 Å². The van der Waals surface area contributed by atoms with Crippen molar-refractivity contribution >= 4 is 23.4 Å². The number of carbonyl (C=O) groups is 2. The zero-order valence-corrected chi connectivity index (χ0v) is 16.7. The highest BCUT2D eigenvalue weighted by atomic mass is 35.5. The summed E-state index contributed by atoms with van der Waals surface area (Å²) >= 11 is 5.97. The molecule has 3 rings (SSSR count). The SMILES string of the molecule is O=C(NC1CCCCCC1)c1ccnc(C(=O)NCCc2cccc(Cl)c2)c1.